The highest BCUT2D eigenvalue weighted by molar-refractivity contribution is 8.00. The van der Waals surface area contributed by atoms with Crippen LogP contribution < -0.4 is 0 Å². The van der Waals surface area contributed by atoms with Crippen LogP contribution in [-0.2, 0) is 9.84 Å². The van der Waals surface area contributed by atoms with Gasteiger partial charge in [-0.15, -0.1) is 0 Å². The third-order valence-corrected chi connectivity index (χ3v) is 3.91. The van der Waals surface area contributed by atoms with Crippen molar-refractivity contribution in [3.8, 4) is 0 Å². The maximum Gasteiger partial charge on any atom is 0.501 e. The molecular formula is C8H4F6O2S2. The van der Waals surface area contributed by atoms with E-state index >= 15 is 0 Å². The first-order valence-corrected chi connectivity index (χ1v) is 6.40. The molecule has 0 aliphatic carbocycles. The summed E-state index contributed by atoms with van der Waals surface area (Å²) in [4.78, 5) is -1.50. The number of benzene rings is 1. The third kappa shape index (κ3) is 3.55. The topological polar surface area (TPSA) is 34.1 Å². The highest BCUT2D eigenvalue weighted by Gasteiger charge is 2.46. The van der Waals surface area contributed by atoms with E-state index in [1.54, 1.807) is 0 Å². The monoisotopic (exact) mass is 310 g/mol. The van der Waals surface area contributed by atoms with E-state index in [2.05, 4.69) is 0 Å². The minimum atomic E-state index is -5.53. The minimum Gasteiger partial charge on any atom is -0.214 e. The molecule has 1 aromatic carbocycles. The smallest absolute Gasteiger partial charge is 0.214 e. The molecule has 0 heterocycles. The fraction of sp³-hybridized carbons (Fsp3) is 0.250. The molecule has 2 nitrogen and oxygen atoms in total. The number of sulfone groups is 1. The first-order valence-electron chi connectivity index (χ1n) is 4.11. The maximum absolute atomic E-state index is 12.1. The molecule has 0 radical (unpaired) electrons. The lowest BCUT2D eigenvalue weighted by molar-refractivity contribution is -0.0436. The van der Waals surface area contributed by atoms with Gasteiger partial charge >= 0.3 is 11.0 Å². The second-order valence-electron chi connectivity index (χ2n) is 2.97. The van der Waals surface area contributed by atoms with Crippen molar-refractivity contribution in [1.82, 2.24) is 0 Å². The summed E-state index contributed by atoms with van der Waals surface area (Å²) >= 11 is -0.549. The molecule has 0 N–H and O–H groups in total. The summed E-state index contributed by atoms with van der Waals surface area (Å²) in [6, 6.07) is 2.29. The number of halogens is 6. The normalized spacial score (nSPS) is 13.7. The Kier molecular flexibility index (Phi) is 3.92. The zero-order chi connectivity index (χ0) is 14.2. The number of rotatable bonds is 2. The van der Waals surface area contributed by atoms with E-state index in [9.17, 15) is 34.8 Å². The van der Waals surface area contributed by atoms with E-state index in [4.69, 9.17) is 0 Å². The van der Waals surface area contributed by atoms with E-state index in [1.165, 1.54) is 0 Å². The summed E-state index contributed by atoms with van der Waals surface area (Å²) in [7, 11) is -5.53. The van der Waals surface area contributed by atoms with Crippen molar-refractivity contribution in [3.05, 3.63) is 24.3 Å². The van der Waals surface area contributed by atoms with Gasteiger partial charge in [-0.05, 0) is 36.0 Å². The molecule has 0 aliphatic rings. The van der Waals surface area contributed by atoms with Crippen molar-refractivity contribution in [2.75, 3.05) is 0 Å². The van der Waals surface area contributed by atoms with Crippen molar-refractivity contribution in [2.45, 2.75) is 20.8 Å². The van der Waals surface area contributed by atoms with Gasteiger partial charge in [0.25, 0.3) is 9.84 Å². The van der Waals surface area contributed by atoms with E-state index in [0.29, 0.717) is 24.3 Å². The summed E-state index contributed by atoms with van der Waals surface area (Å²) in [5.74, 6) is 0. The van der Waals surface area contributed by atoms with Gasteiger partial charge in [-0.1, -0.05) is 0 Å². The van der Waals surface area contributed by atoms with Crippen LogP contribution in [0.15, 0.2) is 34.1 Å². The summed E-state index contributed by atoms with van der Waals surface area (Å²) in [6.07, 6.45) is 0. The standard InChI is InChI=1S/C8H4F6O2S2/c9-7(10,11)17-5-1-3-6(4-2-5)18(15,16)8(12,13)14/h1-4H. The molecule has 102 valence electrons. The highest BCUT2D eigenvalue weighted by atomic mass is 32.2. The van der Waals surface area contributed by atoms with Crippen LogP contribution in [-0.4, -0.2) is 19.4 Å². The average molecular weight is 310 g/mol. The van der Waals surface area contributed by atoms with Crippen molar-refractivity contribution >= 4 is 21.6 Å². The van der Waals surface area contributed by atoms with Crippen LogP contribution in [0.2, 0.25) is 0 Å². The number of alkyl halides is 6. The zero-order valence-corrected chi connectivity index (χ0v) is 9.84. The molecule has 0 saturated heterocycles. The fourth-order valence-corrected chi connectivity index (χ4v) is 2.26. The van der Waals surface area contributed by atoms with Gasteiger partial charge < -0.3 is 0 Å². The largest absolute Gasteiger partial charge is 0.501 e. The Morgan fingerprint density at radius 1 is 0.889 bits per heavy atom. The van der Waals surface area contributed by atoms with Gasteiger partial charge in [0.15, 0.2) is 0 Å². The van der Waals surface area contributed by atoms with Gasteiger partial charge in [0.1, 0.15) is 0 Å². The summed E-state index contributed by atoms with van der Waals surface area (Å²) < 4.78 is 93.9. The lowest BCUT2D eigenvalue weighted by Gasteiger charge is -2.09. The molecule has 0 aliphatic heterocycles. The van der Waals surface area contributed by atoms with Crippen molar-refractivity contribution in [2.24, 2.45) is 0 Å². The van der Waals surface area contributed by atoms with Crippen LogP contribution in [0.3, 0.4) is 0 Å². The Morgan fingerprint density at radius 2 is 1.33 bits per heavy atom. The molecule has 18 heavy (non-hydrogen) atoms. The first-order chi connectivity index (χ1) is 7.93. The molecule has 10 heteroatoms. The third-order valence-electron chi connectivity index (χ3n) is 1.67. The van der Waals surface area contributed by atoms with Crippen LogP contribution in [0, 0.1) is 0 Å². The Morgan fingerprint density at radius 3 is 1.67 bits per heavy atom. The predicted molar refractivity (Wildman–Crippen MR) is 51.6 cm³/mol. The van der Waals surface area contributed by atoms with Gasteiger partial charge in [-0.3, -0.25) is 0 Å². The van der Waals surface area contributed by atoms with Gasteiger partial charge in [-0.2, -0.15) is 26.3 Å². The van der Waals surface area contributed by atoms with E-state index in [0.717, 1.165) is 0 Å². The Labute approximate surface area is 102 Å². The molecule has 0 atom stereocenters. The molecule has 0 fully saturated rings. The summed E-state index contributed by atoms with van der Waals surface area (Å²) in [5.41, 5.74) is -10.1. The van der Waals surface area contributed by atoms with Crippen molar-refractivity contribution in [1.29, 1.82) is 0 Å². The molecule has 1 aromatic rings. The molecule has 1 rings (SSSR count). The lowest BCUT2D eigenvalue weighted by atomic mass is 10.4. The second kappa shape index (κ2) is 4.65. The molecule has 0 aromatic heterocycles. The Bertz CT molecular complexity index is 514. The van der Waals surface area contributed by atoms with Crippen molar-refractivity contribution < 1.29 is 34.8 Å². The SMILES string of the molecule is O=S(=O)(c1ccc(SC(F)(F)F)cc1)C(F)(F)F. The molecular weight excluding hydrogens is 306 g/mol. The quantitative estimate of drug-likeness (QED) is 0.618. The molecule has 0 spiro atoms. The van der Waals surface area contributed by atoms with Crippen LogP contribution in [0.5, 0.6) is 0 Å². The van der Waals surface area contributed by atoms with Crippen LogP contribution in [0.4, 0.5) is 26.3 Å². The van der Waals surface area contributed by atoms with Crippen LogP contribution in [0.1, 0.15) is 0 Å². The number of thioether (sulfide) groups is 1. The minimum absolute atomic E-state index is 0.399. The van der Waals surface area contributed by atoms with Gasteiger partial charge in [0.2, 0.25) is 0 Å². The number of hydrogen-bond donors (Lipinski definition) is 0. The van der Waals surface area contributed by atoms with E-state index < -0.39 is 42.4 Å². The fourth-order valence-electron chi connectivity index (χ4n) is 0.954. The van der Waals surface area contributed by atoms with E-state index in [1.807, 2.05) is 0 Å². The lowest BCUT2D eigenvalue weighted by Crippen LogP contribution is -2.23. The van der Waals surface area contributed by atoms with E-state index in [-0.39, 0.29) is 0 Å². The Balaban J connectivity index is 3.05. The highest BCUT2D eigenvalue weighted by Crippen LogP contribution is 2.38. The molecule has 0 saturated carbocycles. The second-order valence-corrected chi connectivity index (χ2v) is 6.05. The molecule has 0 unspecified atom stereocenters. The summed E-state index contributed by atoms with van der Waals surface area (Å²) in [6.45, 7) is 0. The average Bonchev–Trinajstić information content (AvgIpc) is 2.14. The van der Waals surface area contributed by atoms with Gasteiger partial charge in [0.05, 0.1) is 4.90 Å². The van der Waals surface area contributed by atoms with Crippen LogP contribution >= 0.6 is 11.8 Å². The van der Waals surface area contributed by atoms with Crippen LogP contribution in [0.25, 0.3) is 0 Å². The molecule has 0 amide bonds. The first kappa shape index (κ1) is 15.2. The van der Waals surface area contributed by atoms with Gasteiger partial charge in [-0.25, -0.2) is 8.42 Å². The zero-order valence-electron chi connectivity index (χ0n) is 8.21. The summed E-state index contributed by atoms with van der Waals surface area (Å²) in [5, 5.41) is 0. The number of hydrogen-bond acceptors (Lipinski definition) is 3. The Hall–Kier alpha value is -0.900. The maximum atomic E-state index is 12.1. The molecule has 0 bridgehead atoms. The predicted octanol–water partition coefficient (Wildman–Crippen LogP) is 3.59. The van der Waals surface area contributed by atoms with Gasteiger partial charge in [0, 0.05) is 4.90 Å². The van der Waals surface area contributed by atoms with Crippen molar-refractivity contribution in [3.63, 3.8) is 0 Å².